The summed E-state index contributed by atoms with van der Waals surface area (Å²) in [6.07, 6.45) is 1.83. The Morgan fingerprint density at radius 3 is 1.92 bits per heavy atom. The summed E-state index contributed by atoms with van der Waals surface area (Å²) in [6, 6.07) is 1.11. The summed E-state index contributed by atoms with van der Waals surface area (Å²) < 4.78 is 0. The molecule has 0 saturated heterocycles. The minimum absolute atomic E-state index is 0.183. The minimum Gasteiger partial charge on any atom is -0.393 e. The molecule has 0 aromatic carbocycles. The molecule has 2 atom stereocenters. The largest absolute Gasteiger partial charge is 0.393 e. The first-order valence-corrected chi connectivity index (χ1v) is 5.46. The average molecular weight is 187 g/mol. The molecule has 2 nitrogen and oxygen atoms in total. The molecule has 0 rings (SSSR count). The lowest BCUT2D eigenvalue weighted by molar-refractivity contribution is 0.0934. The van der Waals surface area contributed by atoms with E-state index in [1.54, 1.807) is 0 Å². The third-order valence-corrected chi connectivity index (χ3v) is 2.58. The maximum Gasteiger partial charge on any atom is 0.0527 e. The number of aliphatic hydroxyl groups is 1. The Kier molecular flexibility index (Phi) is 6.35. The molecule has 0 saturated carbocycles. The fraction of sp³-hybridized carbons (Fsp3) is 1.00. The molecule has 13 heavy (non-hydrogen) atoms. The third kappa shape index (κ3) is 4.63. The molecular formula is C11H25NO. The zero-order chi connectivity index (χ0) is 10.4. The van der Waals surface area contributed by atoms with E-state index in [1.807, 2.05) is 6.92 Å². The molecule has 2 unspecified atom stereocenters. The van der Waals surface area contributed by atoms with Crippen molar-refractivity contribution in [3.63, 3.8) is 0 Å². The predicted molar refractivity (Wildman–Crippen MR) is 57.9 cm³/mol. The average Bonchev–Trinajstić information content (AvgIpc) is 2.02. The van der Waals surface area contributed by atoms with E-state index < -0.39 is 0 Å². The van der Waals surface area contributed by atoms with Gasteiger partial charge in [-0.05, 0) is 40.2 Å². The second-order valence-corrected chi connectivity index (χ2v) is 4.07. The Morgan fingerprint density at radius 2 is 1.69 bits per heavy atom. The van der Waals surface area contributed by atoms with Gasteiger partial charge in [-0.25, -0.2) is 0 Å². The van der Waals surface area contributed by atoms with Gasteiger partial charge in [-0.3, -0.25) is 4.90 Å². The van der Waals surface area contributed by atoms with Crippen LogP contribution in [-0.2, 0) is 0 Å². The first kappa shape index (κ1) is 12.9. The van der Waals surface area contributed by atoms with Crippen molar-refractivity contribution < 1.29 is 5.11 Å². The van der Waals surface area contributed by atoms with E-state index in [4.69, 9.17) is 0 Å². The lowest BCUT2D eigenvalue weighted by Gasteiger charge is -2.34. The van der Waals surface area contributed by atoms with Crippen molar-refractivity contribution in [2.45, 2.75) is 65.6 Å². The third-order valence-electron chi connectivity index (χ3n) is 2.58. The molecule has 0 aliphatic heterocycles. The number of hydrogen-bond donors (Lipinski definition) is 1. The maximum absolute atomic E-state index is 9.35. The molecule has 0 aromatic rings. The van der Waals surface area contributed by atoms with Gasteiger partial charge in [0.2, 0.25) is 0 Å². The fourth-order valence-electron chi connectivity index (χ4n) is 1.98. The Bertz CT molecular complexity index is 123. The highest BCUT2D eigenvalue weighted by molar-refractivity contribution is 4.74. The number of nitrogens with zero attached hydrogens (tertiary/aromatic N) is 1. The van der Waals surface area contributed by atoms with Gasteiger partial charge >= 0.3 is 0 Å². The van der Waals surface area contributed by atoms with Crippen LogP contribution >= 0.6 is 0 Å². The van der Waals surface area contributed by atoms with E-state index in [9.17, 15) is 5.11 Å². The van der Waals surface area contributed by atoms with Crippen molar-refractivity contribution in [3.05, 3.63) is 0 Å². The molecule has 0 amide bonds. The van der Waals surface area contributed by atoms with Crippen LogP contribution in [0.3, 0.4) is 0 Å². The molecule has 1 N–H and O–H groups in total. The maximum atomic E-state index is 9.35. The first-order valence-electron chi connectivity index (χ1n) is 5.46. The highest BCUT2D eigenvalue weighted by Crippen LogP contribution is 2.14. The Balaban J connectivity index is 4.16. The van der Waals surface area contributed by atoms with Crippen molar-refractivity contribution in [1.29, 1.82) is 0 Å². The molecule has 0 aliphatic rings. The van der Waals surface area contributed by atoms with E-state index in [2.05, 4.69) is 32.6 Å². The molecule has 2 heteroatoms. The topological polar surface area (TPSA) is 23.5 Å². The Morgan fingerprint density at radius 1 is 1.15 bits per heavy atom. The number of rotatable bonds is 6. The zero-order valence-electron chi connectivity index (χ0n) is 9.75. The number of aliphatic hydroxyl groups excluding tert-OH is 1. The van der Waals surface area contributed by atoms with Crippen LogP contribution in [0.5, 0.6) is 0 Å². The van der Waals surface area contributed by atoms with Crippen LogP contribution in [0.15, 0.2) is 0 Å². The van der Waals surface area contributed by atoms with E-state index in [0.29, 0.717) is 12.1 Å². The molecule has 80 valence electrons. The van der Waals surface area contributed by atoms with Crippen molar-refractivity contribution in [2.75, 3.05) is 6.54 Å². The van der Waals surface area contributed by atoms with Gasteiger partial charge in [-0.1, -0.05) is 13.8 Å². The van der Waals surface area contributed by atoms with Crippen LogP contribution in [0.25, 0.3) is 0 Å². The van der Waals surface area contributed by atoms with Gasteiger partial charge in [0.1, 0.15) is 0 Å². The van der Waals surface area contributed by atoms with Gasteiger partial charge in [0, 0.05) is 12.1 Å². The van der Waals surface area contributed by atoms with Gasteiger partial charge in [-0.15, -0.1) is 0 Å². The van der Waals surface area contributed by atoms with Gasteiger partial charge in [0.05, 0.1) is 6.10 Å². The lowest BCUT2D eigenvalue weighted by atomic mass is 10.0. The fourth-order valence-corrected chi connectivity index (χ4v) is 1.98. The van der Waals surface area contributed by atoms with E-state index in [-0.39, 0.29) is 6.10 Å². The van der Waals surface area contributed by atoms with Crippen LogP contribution < -0.4 is 0 Å². The number of hydrogen-bond acceptors (Lipinski definition) is 2. The van der Waals surface area contributed by atoms with Crippen molar-refractivity contribution in [2.24, 2.45) is 0 Å². The smallest absolute Gasteiger partial charge is 0.0527 e. The molecule has 0 bridgehead atoms. The standard InChI is InChI=1S/C11H25NO/c1-6-11(8-10(5)13)12(7-2)9(3)4/h9-11,13H,6-8H2,1-5H3. The summed E-state index contributed by atoms with van der Waals surface area (Å²) in [7, 11) is 0. The van der Waals surface area contributed by atoms with Crippen molar-refractivity contribution >= 4 is 0 Å². The predicted octanol–water partition coefficient (Wildman–Crippen LogP) is 2.27. The second kappa shape index (κ2) is 6.39. The first-order chi connectivity index (χ1) is 6.02. The molecule has 0 spiro atoms. The van der Waals surface area contributed by atoms with Crippen molar-refractivity contribution in [3.8, 4) is 0 Å². The molecule has 0 aliphatic carbocycles. The van der Waals surface area contributed by atoms with Crippen LogP contribution in [-0.4, -0.2) is 34.7 Å². The Hall–Kier alpha value is -0.0800. The van der Waals surface area contributed by atoms with E-state index >= 15 is 0 Å². The normalized spacial score (nSPS) is 16.6. The van der Waals surface area contributed by atoms with Gasteiger partial charge < -0.3 is 5.11 Å². The zero-order valence-corrected chi connectivity index (χ0v) is 9.75. The molecular weight excluding hydrogens is 162 g/mol. The summed E-state index contributed by atoms with van der Waals surface area (Å²) in [6.45, 7) is 11.8. The monoisotopic (exact) mass is 187 g/mol. The SMILES string of the molecule is CCC(CC(C)O)N(CC)C(C)C. The lowest BCUT2D eigenvalue weighted by Crippen LogP contribution is -2.41. The van der Waals surface area contributed by atoms with Crippen LogP contribution in [0.2, 0.25) is 0 Å². The van der Waals surface area contributed by atoms with Crippen molar-refractivity contribution in [1.82, 2.24) is 4.90 Å². The molecule has 0 radical (unpaired) electrons. The highest BCUT2D eigenvalue weighted by Gasteiger charge is 2.19. The van der Waals surface area contributed by atoms with E-state index in [0.717, 1.165) is 19.4 Å². The summed E-state index contributed by atoms with van der Waals surface area (Å²) in [5, 5.41) is 9.35. The van der Waals surface area contributed by atoms with Gasteiger partial charge in [0.15, 0.2) is 0 Å². The summed E-state index contributed by atoms with van der Waals surface area (Å²) in [5.41, 5.74) is 0. The molecule has 0 heterocycles. The van der Waals surface area contributed by atoms with E-state index in [1.165, 1.54) is 0 Å². The molecule has 0 fully saturated rings. The second-order valence-electron chi connectivity index (χ2n) is 4.07. The summed E-state index contributed by atoms with van der Waals surface area (Å²) >= 11 is 0. The van der Waals surface area contributed by atoms with Gasteiger partial charge in [0.25, 0.3) is 0 Å². The summed E-state index contributed by atoms with van der Waals surface area (Å²) in [4.78, 5) is 2.45. The molecule has 0 aromatic heterocycles. The van der Waals surface area contributed by atoms with Crippen LogP contribution in [0.1, 0.15) is 47.5 Å². The summed E-state index contributed by atoms with van der Waals surface area (Å²) in [5.74, 6) is 0. The quantitative estimate of drug-likeness (QED) is 0.689. The van der Waals surface area contributed by atoms with Crippen LogP contribution in [0, 0.1) is 0 Å². The highest BCUT2D eigenvalue weighted by atomic mass is 16.3. The Labute approximate surface area is 82.9 Å². The van der Waals surface area contributed by atoms with Crippen LogP contribution in [0.4, 0.5) is 0 Å². The minimum atomic E-state index is -0.183. The van der Waals surface area contributed by atoms with Gasteiger partial charge in [-0.2, -0.15) is 0 Å².